The molecule has 0 aliphatic rings. The van der Waals surface area contributed by atoms with Gasteiger partial charge in [0.25, 0.3) is 0 Å². The van der Waals surface area contributed by atoms with E-state index in [-0.39, 0.29) is 11.7 Å². The minimum absolute atomic E-state index is 0.0401. The molecular weight excluding hydrogens is 168 g/mol. The minimum atomic E-state index is 0.0401. The maximum atomic E-state index is 11.5. The maximum absolute atomic E-state index is 11.5. The van der Waals surface area contributed by atoms with Crippen LogP contribution in [-0.2, 0) is 0 Å². The first-order valence-electron chi connectivity index (χ1n) is 3.95. The fourth-order valence-corrected chi connectivity index (χ4v) is 1.26. The number of hydrogen-bond donors (Lipinski definition) is 1. The lowest BCUT2D eigenvalue weighted by Gasteiger charge is -2.05. The minimum Gasteiger partial charge on any atom is -0.294 e. The van der Waals surface area contributed by atoms with Gasteiger partial charge >= 0.3 is 0 Å². The molecular formula is C10H12OS. The van der Waals surface area contributed by atoms with E-state index in [0.717, 1.165) is 10.5 Å². The lowest BCUT2D eigenvalue weighted by Crippen LogP contribution is -2.07. The highest BCUT2D eigenvalue weighted by Crippen LogP contribution is 2.16. The molecule has 0 atom stereocenters. The van der Waals surface area contributed by atoms with Crippen molar-refractivity contribution in [2.24, 2.45) is 5.92 Å². The Kier molecular flexibility index (Phi) is 2.93. The van der Waals surface area contributed by atoms with Crippen molar-refractivity contribution in [1.29, 1.82) is 0 Å². The van der Waals surface area contributed by atoms with Crippen LogP contribution in [0.15, 0.2) is 29.2 Å². The van der Waals surface area contributed by atoms with E-state index in [1.165, 1.54) is 0 Å². The van der Waals surface area contributed by atoms with Gasteiger partial charge in [-0.1, -0.05) is 32.0 Å². The normalized spacial score (nSPS) is 10.3. The third kappa shape index (κ3) is 1.89. The van der Waals surface area contributed by atoms with Crippen LogP contribution >= 0.6 is 12.6 Å². The largest absolute Gasteiger partial charge is 0.294 e. The molecule has 1 rings (SSSR count). The molecule has 0 aromatic heterocycles. The Bertz CT molecular complexity index is 292. The highest BCUT2D eigenvalue weighted by atomic mass is 32.1. The molecule has 0 N–H and O–H groups in total. The number of hydrogen-bond acceptors (Lipinski definition) is 2. The molecule has 0 unspecified atom stereocenters. The van der Waals surface area contributed by atoms with Crippen molar-refractivity contribution < 1.29 is 4.79 Å². The summed E-state index contributed by atoms with van der Waals surface area (Å²) in [4.78, 5) is 12.3. The van der Waals surface area contributed by atoms with Gasteiger partial charge in [0.2, 0.25) is 0 Å². The summed E-state index contributed by atoms with van der Waals surface area (Å²) < 4.78 is 0. The Balaban J connectivity index is 3.03. The first-order valence-corrected chi connectivity index (χ1v) is 4.40. The smallest absolute Gasteiger partial charge is 0.166 e. The number of Topliss-reactive ketones (excluding diaryl/α,β-unsaturated/α-hetero) is 1. The zero-order valence-electron chi connectivity index (χ0n) is 7.24. The summed E-state index contributed by atoms with van der Waals surface area (Å²) in [6, 6.07) is 7.37. The molecule has 0 spiro atoms. The van der Waals surface area contributed by atoms with Crippen molar-refractivity contribution in [2.45, 2.75) is 18.7 Å². The molecule has 0 amide bonds. The number of rotatable bonds is 2. The van der Waals surface area contributed by atoms with Crippen molar-refractivity contribution in [2.75, 3.05) is 0 Å². The van der Waals surface area contributed by atoms with E-state index in [2.05, 4.69) is 12.6 Å². The van der Waals surface area contributed by atoms with E-state index in [0.29, 0.717) is 0 Å². The number of ketones is 1. The molecule has 0 heterocycles. The monoisotopic (exact) mass is 180 g/mol. The summed E-state index contributed by atoms with van der Waals surface area (Å²) in [6.45, 7) is 3.78. The average Bonchev–Trinajstić information content (AvgIpc) is 2.04. The Labute approximate surface area is 78.2 Å². The Hall–Kier alpha value is -0.760. The van der Waals surface area contributed by atoms with Crippen molar-refractivity contribution >= 4 is 18.4 Å². The summed E-state index contributed by atoms with van der Waals surface area (Å²) in [5, 5.41) is 0. The zero-order chi connectivity index (χ0) is 9.14. The van der Waals surface area contributed by atoms with Gasteiger partial charge in [0.05, 0.1) is 0 Å². The molecule has 1 aromatic rings. The molecule has 0 radical (unpaired) electrons. The molecule has 0 fully saturated rings. The number of thiol groups is 1. The first-order chi connectivity index (χ1) is 5.63. The Morgan fingerprint density at radius 2 is 1.92 bits per heavy atom. The van der Waals surface area contributed by atoms with Gasteiger partial charge in [-0.2, -0.15) is 0 Å². The van der Waals surface area contributed by atoms with Crippen LogP contribution in [0.2, 0.25) is 0 Å². The first kappa shape index (κ1) is 9.33. The SMILES string of the molecule is CC(C)C(=O)c1ccccc1S. The Morgan fingerprint density at radius 1 is 1.33 bits per heavy atom. The summed E-state index contributed by atoms with van der Waals surface area (Å²) >= 11 is 4.21. The van der Waals surface area contributed by atoms with E-state index in [1.54, 1.807) is 0 Å². The van der Waals surface area contributed by atoms with Crippen LogP contribution in [0.4, 0.5) is 0 Å². The van der Waals surface area contributed by atoms with E-state index in [9.17, 15) is 4.79 Å². The molecule has 64 valence electrons. The van der Waals surface area contributed by atoms with Gasteiger partial charge in [-0.15, -0.1) is 12.6 Å². The predicted molar refractivity (Wildman–Crippen MR) is 52.9 cm³/mol. The summed E-state index contributed by atoms with van der Waals surface area (Å²) in [5.74, 6) is 0.193. The lowest BCUT2D eigenvalue weighted by molar-refractivity contribution is 0.0936. The van der Waals surface area contributed by atoms with Crippen molar-refractivity contribution in [3.8, 4) is 0 Å². The third-order valence-electron chi connectivity index (χ3n) is 1.69. The van der Waals surface area contributed by atoms with Crippen LogP contribution in [0, 0.1) is 5.92 Å². The highest BCUT2D eigenvalue weighted by molar-refractivity contribution is 7.80. The second-order valence-corrected chi connectivity index (χ2v) is 3.52. The lowest BCUT2D eigenvalue weighted by atomic mass is 10.0. The summed E-state index contributed by atoms with van der Waals surface area (Å²) in [6.07, 6.45) is 0. The number of carbonyl (C=O) groups excluding carboxylic acids is 1. The molecule has 0 bridgehead atoms. The van der Waals surface area contributed by atoms with E-state index < -0.39 is 0 Å². The number of carbonyl (C=O) groups is 1. The van der Waals surface area contributed by atoms with Crippen molar-refractivity contribution in [3.05, 3.63) is 29.8 Å². The molecule has 0 aliphatic carbocycles. The molecule has 0 aliphatic heterocycles. The number of benzene rings is 1. The summed E-state index contributed by atoms with van der Waals surface area (Å²) in [5.41, 5.74) is 0.718. The van der Waals surface area contributed by atoms with Crippen molar-refractivity contribution in [3.63, 3.8) is 0 Å². The standard InChI is InChI=1S/C10H12OS/c1-7(2)10(11)8-5-3-4-6-9(8)12/h3-7,12H,1-2H3. The molecule has 2 heteroatoms. The van der Waals surface area contributed by atoms with Gasteiger partial charge in [0, 0.05) is 16.4 Å². The summed E-state index contributed by atoms with van der Waals surface area (Å²) in [7, 11) is 0. The molecule has 0 saturated heterocycles. The molecule has 1 nitrogen and oxygen atoms in total. The second-order valence-electron chi connectivity index (χ2n) is 3.04. The Morgan fingerprint density at radius 3 is 2.42 bits per heavy atom. The van der Waals surface area contributed by atoms with Crippen LogP contribution in [0.5, 0.6) is 0 Å². The van der Waals surface area contributed by atoms with Crippen LogP contribution in [0.3, 0.4) is 0 Å². The van der Waals surface area contributed by atoms with Gasteiger partial charge in [0.1, 0.15) is 0 Å². The second kappa shape index (κ2) is 3.76. The average molecular weight is 180 g/mol. The van der Waals surface area contributed by atoms with Gasteiger partial charge in [-0.05, 0) is 6.07 Å². The maximum Gasteiger partial charge on any atom is 0.166 e. The van der Waals surface area contributed by atoms with E-state index >= 15 is 0 Å². The van der Waals surface area contributed by atoms with Crippen LogP contribution < -0.4 is 0 Å². The fraction of sp³-hybridized carbons (Fsp3) is 0.300. The predicted octanol–water partition coefficient (Wildman–Crippen LogP) is 2.81. The zero-order valence-corrected chi connectivity index (χ0v) is 8.14. The topological polar surface area (TPSA) is 17.1 Å². The quantitative estimate of drug-likeness (QED) is 0.547. The van der Waals surface area contributed by atoms with Gasteiger partial charge in [0.15, 0.2) is 5.78 Å². The fourth-order valence-electron chi connectivity index (χ4n) is 0.993. The molecule has 0 saturated carbocycles. The van der Waals surface area contributed by atoms with E-state index in [4.69, 9.17) is 0 Å². The van der Waals surface area contributed by atoms with Crippen LogP contribution in [0.25, 0.3) is 0 Å². The molecule has 12 heavy (non-hydrogen) atoms. The highest BCUT2D eigenvalue weighted by Gasteiger charge is 2.11. The van der Waals surface area contributed by atoms with Crippen LogP contribution in [0.1, 0.15) is 24.2 Å². The van der Waals surface area contributed by atoms with Crippen molar-refractivity contribution in [1.82, 2.24) is 0 Å². The third-order valence-corrected chi connectivity index (χ3v) is 2.08. The van der Waals surface area contributed by atoms with E-state index in [1.807, 2.05) is 38.1 Å². The molecule has 1 aromatic carbocycles. The van der Waals surface area contributed by atoms with Gasteiger partial charge in [-0.3, -0.25) is 4.79 Å². The van der Waals surface area contributed by atoms with Gasteiger partial charge in [-0.25, -0.2) is 0 Å². The van der Waals surface area contributed by atoms with Crippen LogP contribution in [-0.4, -0.2) is 5.78 Å². The van der Waals surface area contributed by atoms with Gasteiger partial charge < -0.3 is 0 Å².